The minimum atomic E-state index is -0.240. The van der Waals surface area contributed by atoms with E-state index in [9.17, 15) is 9.90 Å². The first kappa shape index (κ1) is 14.5. The highest BCUT2D eigenvalue weighted by atomic mass is 79.9. The number of carbonyl (C=O) groups excluding carboxylic acids is 1. The summed E-state index contributed by atoms with van der Waals surface area (Å²) in [5.74, 6) is 0.0330. The molecule has 0 saturated heterocycles. The monoisotopic (exact) mass is 334 g/mol. The summed E-state index contributed by atoms with van der Waals surface area (Å²) in [4.78, 5) is 18.1. The van der Waals surface area contributed by atoms with Crippen LogP contribution in [0.1, 0.15) is 28.9 Å². The number of aromatic nitrogens is 1. The van der Waals surface area contributed by atoms with Gasteiger partial charge in [-0.25, -0.2) is 4.98 Å². The highest BCUT2D eigenvalue weighted by Gasteiger charge is 2.22. The highest BCUT2D eigenvalue weighted by Crippen LogP contribution is 2.28. The number of hydrogen-bond donors (Lipinski definition) is 1. The van der Waals surface area contributed by atoms with Crippen LogP contribution in [0.2, 0.25) is 0 Å². The molecule has 2 aromatic rings. The summed E-state index contributed by atoms with van der Waals surface area (Å²) >= 11 is 3.28. The molecular weight excluding hydrogens is 320 g/mol. The van der Waals surface area contributed by atoms with E-state index in [1.165, 1.54) is 0 Å². The van der Waals surface area contributed by atoms with Crippen LogP contribution in [-0.2, 0) is 0 Å². The van der Waals surface area contributed by atoms with E-state index in [0.29, 0.717) is 15.7 Å². The summed E-state index contributed by atoms with van der Waals surface area (Å²) in [5.41, 5.74) is 1.21. The normalized spacial score (nSPS) is 11.9. The fourth-order valence-electron chi connectivity index (χ4n) is 1.96. The first-order chi connectivity index (χ1) is 9.52. The molecule has 0 aliphatic rings. The summed E-state index contributed by atoms with van der Waals surface area (Å²) < 4.78 is 0.515. The number of rotatable bonds is 3. The molecule has 5 heteroatoms. The Bertz CT molecular complexity index is 631. The fraction of sp³-hybridized carbons (Fsp3) is 0.200. The molecule has 1 unspecified atom stereocenters. The molecule has 104 valence electrons. The Morgan fingerprint density at radius 1 is 1.30 bits per heavy atom. The third kappa shape index (κ3) is 2.82. The zero-order valence-electron chi connectivity index (χ0n) is 11.2. The van der Waals surface area contributed by atoms with Crippen molar-refractivity contribution in [1.82, 2.24) is 9.88 Å². The molecule has 0 spiro atoms. The van der Waals surface area contributed by atoms with Crippen molar-refractivity contribution in [3.63, 3.8) is 0 Å². The number of para-hydroxylation sites is 1. The quantitative estimate of drug-likeness (QED) is 0.875. The smallest absolute Gasteiger partial charge is 0.256 e. The lowest BCUT2D eigenvalue weighted by atomic mass is 10.1. The third-order valence-electron chi connectivity index (χ3n) is 3.28. The van der Waals surface area contributed by atoms with Gasteiger partial charge in [0.1, 0.15) is 10.4 Å². The molecule has 0 fully saturated rings. The van der Waals surface area contributed by atoms with Crippen molar-refractivity contribution in [3.05, 3.63) is 58.3 Å². The Labute approximate surface area is 126 Å². The average Bonchev–Trinajstić information content (AvgIpc) is 2.46. The van der Waals surface area contributed by atoms with Gasteiger partial charge in [0.05, 0.1) is 11.6 Å². The highest BCUT2D eigenvalue weighted by molar-refractivity contribution is 9.10. The van der Waals surface area contributed by atoms with Crippen LogP contribution < -0.4 is 0 Å². The Morgan fingerprint density at radius 3 is 2.65 bits per heavy atom. The number of halogens is 1. The van der Waals surface area contributed by atoms with Crippen LogP contribution in [0.25, 0.3) is 0 Å². The largest absolute Gasteiger partial charge is 0.508 e. The van der Waals surface area contributed by atoms with E-state index in [2.05, 4.69) is 20.9 Å². The van der Waals surface area contributed by atoms with E-state index < -0.39 is 0 Å². The molecule has 1 heterocycles. The van der Waals surface area contributed by atoms with E-state index in [1.54, 1.807) is 42.4 Å². The number of hydrogen-bond acceptors (Lipinski definition) is 3. The van der Waals surface area contributed by atoms with Crippen molar-refractivity contribution in [2.45, 2.75) is 13.0 Å². The van der Waals surface area contributed by atoms with Gasteiger partial charge in [-0.1, -0.05) is 18.2 Å². The lowest BCUT2D eigenvalue weighted by molar-refractivity contribution is 0.0740. The van der Waals surface area contributed by atoms with Crippen molar-refractivity contribution < 1.29 is 9.90 Å². The molecule has 1 atom stereocenters. The lowest BCUT2D eigenvalue weighted by Gasteiger charge is -2.26. The van der Waals surface area contributed by atoms with E-state index >= 15 is 0 Å². The van der Waals surface area contributed by atoms with Crippen molar-refractivity contribution in [1.29, 1.82) is 0 Å². The number of nitrogens with zero attached hydrogens (tertiary/aromatic N) is 2. The Hall–Kier alpha value is -1.88. The van der Waals surface area contributed by atoms with E-state index in [-0.39, 0.29) is 17.7 Å². The summed E-state index contributed by atoms with van der Waals surface area (Å²) in [6.45, 7) is 1.87. The van der Waals surface area contributed by atoms with Crippen LogP contribution in [0.15, 0.2) is 47.2 Å². The average molecular weight is 335 g/mol. The van der Waals surface area contributed by atoms with Gasteiger partial charge in [-0.05, 0) is 41.1 Å². The maximum Gasteiger partial charge on any atom is 0.256 e. The molecular formula is C15H15BrN2O2. The third-order valence-corrected chi connectivity index (χ3v) is 3.91. The molecule has 1 aromatic heterocycles. The van der Waals surface area contributed by atoms with Crippen molar-refractivity contribution >= 4 is 21.8 Å². The topological polar surface area (TPSA) is 53.4 Å². The summed E-state index contributed by atoms with van der Waals surface area (Å²) in [7, 11) is 1.71. The fourth-order valence-corrected chi connectivity index (χ4v) is 2.38. The Morgan fingerprint density at radius 2 is 2.00 bits per heavy atom. The maximum absolute atomic E-state index is 12.5. The standard InChI is InChI=1S/C15H15BrN2O2/c1-10(11-6-3-4-8-13(11)19)18(2)15(20)12-7-5-9-17-14(12)16/h3-10,19H,1-2H3. The number of phenolic OH excluding ortho intramolecular Hbond substituents is 1. The van der Waals surface area contributed by atoms with Crippen molar-refractivity contribution in [2.24, 2.45) is 0 Å². The van der Waals surface area contributed by atoms with Crippen molar-refractivity contribution in [2.75, 3.05) is 7.05 Å². The van der Waals surface area contributed by atoms with Gasteiger partial charge in [-0.3, -0.25) is 4.79 Å². The van der Waals surface area contributed by atoms with Gasteiger partial charge < -0.3 is 10.0 Å². The zero-order chi connectivity index (χ0) is 14.7. The molecule has 0 aliphatic carbocycles. The van der Waals surface area contributed by atoms with Crippen LogP contribution in [0.3, 0.4) is 0 Å². The van der Waals surface area contributed by atoms with Gasteiger partial charge >= 0.3 is 0 Å². The second-order valence-corrected chi connectivity index (χ2v) is 5.24. The molecule has 1 aromatic carbocycles. The van der Waals surface area contributed by atoms with Gasteiger partial charge in [0.25, 0.3) is 5.91 Å². The van der Waals surface area contributed by atoms with Crippen LogP contribution >= 0.6 is 15.9 Å². The Kier molecular flexibility index (Phi) is 4.39. The van der Waals surface area contributed by atoms with Crippen LogP contribution in [0.5, 0.6) is 5.75 Å². The van der Waals surface area contributed by atoms with E-state index in [4.69, 9.17) is 0 Å². The Balaban J connectivity index is 2.28. The molecule has 20 heavy (non-hydrogen) atoms. The SMILES string of the molecule is CC(c1ccccc1O)N(C)C(=O)c1cccnc1Br. The first-order valence-electron chi connectivity index (χ1n) is 6.18. The summed E-state index contributed by atoms with van der Waals surface area (Å²) in [5, 5.41) is 9.88. The minimum absolute atomic E-state index is 0.152. The van der Waals surface area contributed by atoms with Crippen LogP contribution in [0.4, 0.5) is 0 Å². The van der Waals surface area contributed by atoms with Crippen LogP contribution in [-0.4, -0.2) is 27.9 Å². The summed E-state index contributed by atoms with van der Waals surface area (Å²) in [6, 6.07) is 10.2. The van der Waals surface area contributed by atoms with Gasteiger partial charge in [0, 0.05) is 18.8 Å². The van der Waals surface area contributed by atoms with Crippen LogP contribution in [0, 0.1) is 0 Å². The lowest BCUT2D eigenvalue weighted by Crippen LogP contribution is -2.30. The molecule has 0 radical (unpaired) electrons. The zero-order valence-corrected chi connectivity index (χ0v) is 12.8. The molecule has 0 bridgehead atoms. The predicted octanol–water partition coefficient (Wildman–Crippen LogP) is 3.38. The number of benzene rings is 1. The van der Waals surface area contributed by atoms with Gasteiger partial charge in [0.2, 0.25) is 0 Å². The molecule has 0 aliphatic heterocycles. The maximum atomic E-state index is 12.5. The number of aromatic hydroxyl groups is 1. The number of carbonyl (C=O) groups is 1. The van der Waals surface area contributed by atoms with Gasteiger partial charge in [-0.2, -0.15) is 0 Å². The summed E-state index contributed by atoms with van der Waals surface area (Å²) in [6.07, 6.45) is 1.62. The number of phenols is 1. The van der Waals surface area contributed by atoms with Gasteiger partial charge in [0.15, 0.2) is 0 Å². The molecule has 0 saturated carbocycles. The minimum Gasteiger partial charge on any atom is -0.508 e. The predicted molar refractivity (Wildman–Crippen MR) is 80.6 cm³/mol. The van der Waals surface area contributed by atoms with Crippen molar-refractivity contribution in [3.8, 4) is 5.75 Å². The van der Waals surface area contributed by atoms with E-state index in [0.717, 1.165) is 0 Å². The first-order valence-corrected chi connectivity index (χ1v) is 6.97. The molecule has 2 rings (SSSR count). The number of pyridine rings is 1. The second kappa shape index (κ2) is 6.05. The molecule has 4 nitrogen and oxygen atoms in total. The molecule has 1 amide bonds. The van der Waals surface area contributed by atoms with E-state index in [1.807, 2.05) is 19.1 Å². The molecule has 1 N–H and O–H groups in total. The number of amides is 1. The second-order valence-electron chi connectivity index (χ2n) is 4.49. The van der Waals surface area contributed by atoms with Gasteiger partial charge in [-0.15, -0.1) is 0 Å².